The molecule has 12 heteroatoms. The minimum absolute atomic E-state index is 0.333. The molecule has 0 aliphatic heterocycles. The molecule has 0 aromatic rings. The number of hydrogen-bond donors (Lipinski definition) is 3. The van der Waals surface area contributed by atoms with Crippen LogP contribution in [-0.2, 0) is 0 Å². The second-order valence-electron chi connectivity index (χ2n) is 1.66. The van der Waals surface area contributed by atoms with Crippen LogP contribution in [0.2, 0.25) is 0 Å². The quantitative estimate of drug-likeness (QED) is 0.155. The molecule has 12 nitrogen and oxygen atoms in total. The molecule has 0 aliphatic rings. The molecular weight excluding hydrogens is 204 g/mol. The Morgan fingerprint density at radius 2 is 1.14 bits per heavy atom. The number of nitrogens with two attached hydrogens (primary N) is 2. The Balaban J connectivity index is 0. The maximum atomic E-state index is 9.50. The van der Waals surface area contributed by atoms with Crippen molar-refractivity contribution in [1.29, 1.82) is 5.41 Å². The second-order valence-corrected chi connectivity index (χ2v) is 1.66. The van der Waals surface area contributed by atoms with Gasteiger partial charge in [0.15, 0.2) is 20.7 Å². The van der Waals surface area contributed by atoms with Gasteiger partial charge >= 0.3 is 6.29 Å². The number of nitro groups is 3. The third-order valence-electron chi connectivity index (χ3n) is 0.566. The third-order valence-corrected chi connectivity index (χ3v) is 0.566. The first-order chi connectivity index (χ1) is 6.20. The zero-order valence-electron chi connectivity index (χ0n) is 6.52. The molecule has 0 aromatic carbocycles. The molecular formula is C2H6N6O6. The molecule has 0 rings (SSSR count). The number of rotatable bonds is 3. The molecule has 0 aromatic heterocycles. The summed E-state index contributed by atoms with van der Waals surface area (Å²) in [4.78, 5) is 23.8. The fraction of sp³-hybridized carbons (Fsp3) is 0.500. The van der Waals surface area contributed by atoms with Gasteiger partial charge in [-0.1, -0.05) is 0 Å². The summed E-state index contributed by atoms with van der Waals surface area (Å²) in [5, 5.41) is 34.6. The van der Waals surface area contributed by atoms with E-state index in [4.69, 9.17) is 5.41 Å². The first-order valence-corrected chi connectivity index (χ1v) is 2.70. The first-order valence-electron chi connectivity index (χ1n) is 2.70. The van der Waals surface area contributed by atoms with Gasteiger partial charge in [-0.3, -0.25) is 35.8 Å². The van der Waals surface area contributed by atoms with E-state index in [1.54, 1.807) is 0 Å². The molecule has 0 radical (unpaired) electrons. The van der Waals surface area contributed by atoms with Gasteiger partial charge in [0.25, 0.3) is 0 Å². The highest BCUT2D eigenvalue weighted by Gasteiger charge is 2.45. The second kappa shape index (κ2) is 6.04. The van der Waals surface area contributed by atoms with E-state index in [0.717, 1.165) is 0 Å². The Labute approximate surface area is 75.4 Å². The summed E-state index contributed by atoms with van der Waals surface area (Å²) in [6.07, 6.45) is -2.94. The van der Waals surface area contributed by atoms with Crippen LogP contribution in [0.25, 0.3) is 0 Å². The van der Waals surface area contributed by atoms with Gasteiger partial charge in [-0.15, -0.1) is 0 Å². The summed E-state index contributed by atoms with van der Waals surface area (Å²) in [5.74, 6) is -0.333. The monoisotopic (exact) mass is 210 g/mol. The van der Waals surface area contributed by atoms with Gasteiger partial charge in [-0.05, 0) is 0 Å². The summed E-state index contributed by atoms with van der Waals surface area (Å²) >= 11 is 0. The highest BCUT2D eigenvalue weighted by molar-refractivity contribution is 5.71. The van der Waals surface area contributed by atoms with E-state index < -0.39 is 21.1 Å². The van der Waals surface area contributed by atoms with Crippen molar-refractivity contribution >= 4 is 5.96 Å². The Hall–Kier alpha value is -2.53. The number of nitrogens with one attached hydrogen (secondary N) is 1. The molecule has 0 aliphatic carbocycles. The van der Waals surface area contributed by atoms with Gasteiger partial charge in [0, 0.05) is 0 Å². The van der Waals surface area contributed by atoms with Gasteiger partial charge in [-0.25, -0.2) is 0 Å². The van der Waals surface area contributed by atoms with Crippen LogP contribution in [0.4, 0.5) is 0 Å². The smallest absolute Gasteiger partial charge is 0.370 e. The van der Waals surface area contributed by atoms with E-state index >= 15 is 0 Å². The van der Waals surface area contributed by atoms with Crippen molar-refractivity contribution in [2.45, 2.75) is 6.29 Å². The fourth-order valence-corrected chi connectivity index (χ4v) is 0.231. The average molecular weight is 210 g/mol. The molecule has 0 spiro atoms. The molecule has 0 unspecified atom stereocenters. The summed E-state index contributed by atoms with van der Waals surface area (Å²) in [6.45, 7) is 0. The lowest BCUT2D eigenvalue weighted by Crippen LogP contribution is -2.36. The minimum Gasteiger partial charge on any atom is -0.370 e. The van der Waals surface area contributed by atoms with Crippen molar-refractivity contribution in [2.75, 3.05) is 0 Å². The van der Waals surface area contributed by atoms with Crippen molar-refractivity contribution in [1.82, 2.24) is 0 Å². The molecule has 0 amide bonds. The van der Waals surface area contributed by atoms with Crippen LogP contribution in [0.1, 0.15) is 0 Å². The topological polar surface area (TPSA) is 205 Å². The first kappa shape index (κ1) is 14.0. The number of hydrogen-bond acceptors (Lipinski definition) is 7. The summed E-state index contributed by atoms with van der Waals surface area (Å²) in [7, 11) is 0. The predicted molar refractivity (Wildman–Crippen MR) is 40.9 cm³/mol. The van der Waals surface area contributed by atoms with Crippen LogP contribution in [-0.4, -0.2) is 27.0 Å². The molecule has 0 saturated carbocycles. The molecule has 0 fully saturated rings. The van der Waals surface area contributed by atoms with E-state index in [-0.39, 0.29) is 5.96 Å². The molecule has 0 saturated heterocycles. The van der Waals surface area contributed by atoms with Crippen molar-refractivity contribution in [2.24, 2.45) is 11.5 Å². The normalized spacial score (nSPS) is 8.36. The number of nitrogens with zero attached hydrogens (tertiary/aromatic N) is 3. The summed E-state index contributed by atoms with van der Waals surface area (Å²) in [5.41, 5.74) is 8.94. The van der Waals surface area contributed by atoms with E-state index in [9.17, 15) is 30.3 Å². The minimum atomic E-state index is -2.94. The Morgan fingerprint density at radius 3 is 1.14 bits per heavy atom. The largest absolute Gasteiger partial charge is 0.693 e. The van der Waals surface area contributed by atoms with Crippen molar-refractivity contribution in [3.05, 3.63) is 30.3 Å². The fourth-order valence-electron chi connectivity index (χ4n) is 0.231. The van der Waals surface area contributed by atoms with Gasteiger partial charge in [-0.2, -0.15) is 0 Å². The molecule has 5 N–H and O–H groups in total. The van der Waals surface area contributed by atoms with E-state index in [0.29, 0.717) is 0 Å². The molecule has 80 valence electrons. The molecule has 14 heavy (non-hydrogen) atoms. The van der Waals surface area contributed by atoms with Crippen molar-refractivity contribution in [3.8, 4) is 0 Å². The molecule has 0 atom stereocenters. The van der Waals surface area contributed by atoms with Gasteiger partial charge in [0.05, 0.1) is 0 Å². The standard InChI is InChI=1S/CHN3O6.CH5N3/c5-2(6)1(3(7)8)4(9)10;2-1(3)4/h1H;(H5,2,3,4). The van der Waals surface area contributed by atoms with Crippen LogP contribution in [0, 0.1) is 35.8 Å². The highest BCUT2D eigenvalue weighted by Crippen LogP contribution is 1.90. The van der Waals surface area contributed by atoms with Gasteiger partial charge in [0.2, 0.25) is 0 Å². The average Bonchev–Trinajstić information content (AvgIpc) is 1.80. The lowest BCUT2D eigenvalue weighted by atomic mass is 10.9. The summed E-state index contributed by atoms with van der Waals surface area (Å²) < 4.78 is 0. The lowest BCUT2D eigenvalue weighted by Gasteiger charge is -1.90. The van der Waals surface area contributed by atoms with Crippen LogP contribution < -0.4 is 11.5 Å². The van der Waals surface area contributed by atoms with Gasteiger partial charge in [0.1, 0.15) is 0 Å². The molecule has 0 bridgehead atoms. The highest BCUT2D eigenvalue weighted by atomic mass is 16.7. The van der Waals surface area contributed by atoms with Gasteiger partial charge < -0.3 is 11.5 Å². The van der Waals surface area contributed by atoms with E-state index in [1.165, 1.54) is 0 Å². The van der Waals surface area contributed by atoms with Crippen LogP contribution in [0.3, 0.4) is 0 Å². The zero-order chi connectivity index (χ0) is 11.9. The Kier molecular flexibility index (Phi) is 6.05. The SMILES string of the molecule is N=C(N)N.O=[N+]([O-])C([N+](=O)[O-])[N+](=O)[O-]. The zero-order valence-corrected chi connectivity index (χ0v) is 6.52. The van der Waals surface area contributed by atoms with E-state index in [1.807, 2.05) is 0 Å². The third kappa shape index (κ3) is 7.58. The maximum Gasteiger partial charge on any atom is 0.693 e. The van der Waals surface area contributed by atoms with E-state index in [2.05, 4.69) is 11.5 Å². The van der Waals surface area contributed by atoms with Crippen LogP contribution >= 0.6 is 0 Å². The van der Waals surface area contributed by atoms with Crippen LogP contribution in [0.5, 0.6) is 0 Å². The lowest BCUT2D eigenvalue weighted by molar-refractivity contribution is -0.912. The van der Waals surface area contributed by atoms with Crippen LogP contribution in [0.15, 0.2) is 0 Å². The Bertz CT molecular complexity index is 224. The molecule has 0 heterocycles. The summed E-state index contributed by atoms with van der Waals surface area (Å²) in [6, 6.07) is 0. The predicted octanol–water partition coefficient (Wildman–Crippen LogP) is -2.06. The van der Waals surface area contributed by atoms with Crippen molar-refractivity contribution < 1.29 is 14.8 Å². The van der Waals surface area contributed by atoms with Crippen molar-refractivity contribution in [3.63, 3.8) is 0 Å². The Morgan fingerprint density at radius 1 is 1.00 bits per heavy atom. The number of guanidine groups is 1. The maximum absolute atomic E-state index is 9.50.